The number of halogens is 3. The first-order valence-corrected chi connectivity index (χ1v) is 5.15. The van der Waals surface area contributed by atoms with Gasteiger partial charge in [-0.1, -0.05) is 20.8 Å². The first-order valence-electron chi connectivity index (χ1n) is 4.21. The highest BCUT2D eigenvalue weighted by atomic mass is 32.2. The molecule has 0 aromatic heterocycles. The van der Waals surface area contributed by atoms with Gasteiger partial charge in [0.25, 0.3) is 0 Å². The average Bonchev–Trinajstić information content (AvgIpc) is 1.96. The van der Waals surface area contributed by atoms with Crippen molar-refractivity contribution in [2.24, 2.45) is 11.7 Å². The van der Waals surface area contributed by atoms with Crippen molar-refractivity contribution in [2.45, 2.75) is 37.4 Å². The molecule has 0 aliphatic carbocycles. The Morgan fingerprint density at radius 3 is 1.92 bits per heavy atom. The summed E-state index contributed by atoms with van der Waals surface area (Å²) in [6, 6.07) is 0. The van der Waals surface area contributed by atoms with E-state index in [0.29, 0.717) is 0 Å². The van der Waals surface area contributed by atoms with Crippen LogP contribution in [0.4, 0.5) is 13.2 Å². The van der Waals surface area contributed by atoms with Gasteiger partial charge in [0.15, 0.2) is 0 Å². The second-order valence-electron chi connectivity index (χ2n) is 3.35. The maximum atomic E-state index is 12.2. The number of rotatable bonds is 4. The van der Waals surface area contributed by atoms with Crippen molar-refractivity contribution in [3.63, 3.8) is 0 Å². The third-order valence-electron chi connectivity index (χ3n) is 1.90. The zero-order chi connectivity index (χ0) is 10.6. The van der Waals surface area contributed by atoms with E-state index >= 15 is 0 Å². The molecule has 1 nitrogen and oxygen atoms in total. The van der Waals surface area contributed by atoms with Gasteiger partial charge in [0, 0.05) is 11.8 Å². The molecule has 0 aliphatic rings. The van der Waals surface area contributed by atoms with Gasteiger partial charge in [0.1, 0.15) is 5.25 Å². The minimum absolute atomic E-state index is 0.0184. The molecule has 2 atom stereocenters. The molecule has 80 valence electrons. The van der Waals surface area contributed by atoms with E-state index in [9.17, 15) is 13.2 Å². The van der Waals surface area contributed by atoms with Crippen LogP contribution in [0.3, 0.4) is 0 Å². The Morgan fingerprint density at radius 1 is 1.23 bits per heavy atom. The Morgan fingerprint density at radius 2 is 1.69 bits per heavy atom. The first kappa shape index (κ1) is 13.1. The van der Waals surface area contributed by atoms with Gasteiger partial charge in [0.05, 0.1) is 0 Å². The van der Waals surface area contributed by atoms with Crippen LogP contribution in [-0.4, -0.2) is 23.2 Å². The van der Waals surface area contributed by atoms with Gasteiger partial charge in [-0.3, -0.25) is 0 Å². The number of alkyl halides is 3. The molecule has 0 rings (SSSR count). The van der Waals surface area contributed by atoms with E-state index in [4.69, 9.17) is 5.73 Å². The second-order valence-corrected chi connectivity index (χ2v) is 4.94. The summed E-state index contributed by atoms with van der Waals surface area (Å²) in [6.07, 6.45) is -4.18. The monoisotopic (exact) mass is 215 g/mol. The van der Waals surface area contributed by atoms with Gasteiger partial charge in [0.2, 0.25) is 0 Å². The van der Waals surface area contributed by atoms with Crippen molar-refractivity contribution in [3.8, 4) is 0 Å². The van der Waals surface area contributed by atoms with Crippen molar-refractivity contribution < 1.29 is 13.2 Å². The Hall–Kier alpha value is 0.100. The summed E-state index contributed by atoms with van der Waals surface area (Å²) in [7, 11) is 0. The Kier molecular flexibility index (Phi) is 5.14. The number of thioether (sulfide) groups is 1. The third-order valence-corrected chi connectivity index (χ3v) is 3.66. The van der Waals surface area contributed by atoms with E-state index in [1.807, 2.05) is 13.8 Å². The Balaban J connectivity index is 4.14. The molecular formula is C8H16F3NS. The lowest BCUT2D eigenvalue weighted by Crippen LogP contribution is -2.35. The van der Waals surface area contributed by atoms with E-state index in [-0.39, 0.29) is 17.7 Å². The van der Waals surface area contributed by atoms with Crippen LogP contribution in [-0.2, 0) is 0 Å². The van der Waals surface area contributed by atoms with Gasteiger partial charge in [-0.25, -0.2) is 0 Å². The van der Waals surface area contributed by atoms with E-state index in [1.165, 1.54) is 0 Å². The second kappa shape index (κ2) is 5.10. The van der Waals surface area contributed by atoms with Gasteiger partial charge in [-0.2, -0.15) is 13.2 Å². The SMILES string of the molecule is CC(C)C(C)SC(CN)C(F)(F)F. The zero-order valence-corrected chi connectivity index (χ0v) is 8.88. The third kappa shape index (κ3) is 4.76. The van der Waals surface area contributed by atoms with Crippen molar-refractivity contribution in [1.29, 1.82) is 0 Å². The van der Waals surface area contributed by atoms with Crippen LogP contribution < -0.4 is 5.73 Å². The van der Waals surface area contributed by atoms with Crippen LogP contribution in [0.2, 0.25) is 0 Å². The molecule has 0 aromatic rings. The summed E-state index contributed by atoms with van der Waals surface area (Å²) in [5.41, 5.74) is 5.07. The molecule has 13 heavy (non-hydrogen) atoms. The summed E-state index contributed by atoms with van der Waals surface area (Å²) in [4.78, 5) is 0. The van der Waals surface area contributed by atoms with Crippen LogP contribution in [0.15, 0.2) is 0 Å². The predicted molar refractivity (Wildman–Crippen MR) is 50.8 cm³/mol. The summed E-state index contributed by atoms with van der Waals surface area (Å²) >= 11 is 0.910. The molecule has 0 bridgehead atoms. The molecule has 0 saturated heterocycles. The predicted octanol–water partition coefficient (Wildman–Crippen LogP) is 2.65. The lowest BCUT2D eigenvalue weighted by atomic mass is 10.2. The van der Waals surface area contributed by atoms with E-state index in [1.54, 1.807) is 6.92 Å². The van der Waals surface area contributed by atoms with Crippen molar-refractivity contribution in [2.75, 3.05) is 6.54 Å². The van der Waals surface area contributed by atoms with Crippen molar-refractivity contribution in [1.82, 2.24) is 0 Å². The highest BCUT2D eigenvalue weighted by molar-refractivity contribution is 8.00. The largest absolute Gasteiger partial charge is 0.401 e. The average molecular weight is 215 g/mol. The van der Waals surface area contributed by atoms with E-state index in [0.717, 1.165) is 11.8 Å². The van der Waals surface area contributed by atoms with Crippen LogP contribution >= 0.6 is 11.8 Å². The molecule has 5 heteroatoms. The lowest BCUT2D eigenvalue weighted by molar-refractivity contribution is -0.126. The summed E-state index contributed by atoms with van der Waals surface area (Å²) < 4.78 is 36.7. The van der Waals surface area contributed by atoms with Crippen LogP contribution in [0.1, 0.15) is 20.8 Å². The minimum atomic E-state index is -4.18. The maximum Gasteiger partial charge on any atom is 0.401 e. The van der Waals surface area contributed by atoms with Gasteiger partial charge >= 0.3 is 6.18 Å². The Labute approximate surface area is 81.3 Å². The maximum absolute atomic E-state index is 12.2. The van der Waals surface area contributed by atoms with Crippen LogP contribution in [0.5, 0.6) is 0 Å². The summed E-state index contributed by atoms with van der Waals surface area (Å²) in [5, 5.41) is -1.44. The molecule has 0 aliphatic heterocycles. The molecule has 0 spiro atoms. The molecule has 0 fully saturated rings. The van der Waals surface area contributed by atoms with Gasteiger partial charge in [-0.05, 0) is 5.92 Å². The fourth-order valence-corrected chi connectivity index (χ4v) is 1.78. The molecule has 0 aromatic carbocycles. The summed E-state index contributed by atoms with van der Waals surface area (Å²) in [5.74, 6) is 0.237. The zero-order valence-electron chi connectivity index (χ0n) is 8.06. The molecule has 2 unspecified atom stereocenters. The standard InChI is InChI=1S/C8H16F3NS/c1-5(2)6(3)13-7(4-12)8(9,10)11/h5-7H,4,12H2,1-3H3. The van der Waals surface area contributed by atoms with E-state index < -0.39 is 11.4 Å². The van der Waals surface area contributed by atoms with Crippen molar-refractivity contribution >= 4 is 11.8 Å². The number of hydrogen-bond acceptors (Lipinski definition) is 2. The molecule has 0 heterocycles. The highest BCUT2D eigenvalue weighted by Crippen LogP contribution is 2.34. The summed E-state index contributed by atoms with van der Waals surface area (Å²) in [6.45, 7) is 5.26. The molecule has 0 radical (unpaired) electrons. The smallest absolute Gasteiger partial charge is 0.329 e. The normalized spacial score (nSPS) is 17.5. The molecule has 2 N–H and O–H groups in total. The van der Waals surface area contributed by atoms with Crippen LogP contribution in [0, 0.1) is 5.92 Å². The van der Waals surface area contributed by atoms with Gasteiger partial charge in [-0.15, -0.1) is 11.8 Å². The van der Waals surface area contributed by atoms with Crippen LogP contribution in [0.25, 0.3) is 0 Å². The Bertz CT molecular complexity index is 147. The van der Waals surface area contributed by atoms with E-state index in [2.05, 4.69) is 0 Å². The molecule has 0 saturated carbocycles. The first-order chi connectivity index (χ1) is 5.79. The lowest BCUT2D eigenvalue weighted by Gasteiger charge is -2.23. The quantitative estimate of drug-likeness (QED) is 0.780. The molecule has 0 amide bonds. The fourth-order valence-electron chi connectivity index (χ4n) is 0.683. The highest BCUT2D eigenvalue weighted by Gasteiger charge is 2.40. The molecular weight excluding hydrogens is 199 g/mol. The number of nitrogens with two attached hydrogens (primary N) is 1. The topological polar surface area (TPSA) is 26.0 Å². The number of hydrogen-bond donors (Lipinski definition) is 1. The minimum Gasteiger partial charge on any atom is -0.329 e. The fraction of sp³-hybridized carbons (Fsp3) is 1.00. The van der Waals surface area contributed by atoms with Gasteiger partial charge < -0.3 is 5.73 Å². The van der Waals surface area contributed by atoms with Crippen molar-refractivity contribution in [3.05, 3.63) is 0 Å².